The first kappa shape index (κ1) is 49.8. The Bertz CT molecular complexity index is 1910. The summed E-state index contributed by atoms with van der Waals surface area (Å²) in [5.74, 6) is -6.77. The van der Waals surface area contributed by atoms with Gasteiger partial charge in [0.05, 0.1) is 53.4 Å². The highest BCUT2D eigenvalue weighted by Crippen LogP contribution is 2.58. The molecule has 4 N–H and O–H groups in total. The van der Waals surface area contributed by atoms with Gasteiger partial charge in [-0.05, 0) is 81.2 Å². The van der Waals surface area contributed by atoms with E-state index >= 15 is 0 Å². The molecule has 5 heterocycles. The van der Waals surface area contributed by atoms with Crippen LogP contribution in [0.4, 0.5) is 0 Å². The molecule has 11 unspecified atom stereocenters. The topological polar surface area (TPSA) is 214 Å². The Hall–Kier alpha value is -3.18. The van der Waals surface area contributed by atoms with Gasteiger partial charge in [-0.1, -0.05) is 45.4 Å². The van der Waals surface area contributed by atoms with E-state index in [2.05, 4.69) is 0 Å². The lowest BCUT2D eigenvalue weighted by Gasteiger charge is -2.59. The van der Waals surface area contributed by atoms with Crippen molar-refractivity contribution in [3.63, 3.8) is 0 Å². The third-order valence-corrected chi connectivity index (χ3v) is 14.4. The molecular formula is C47H72O15. The molecule has 5 aliphatic rings. The zero-order chi connectivity index (χ0) is 47.1. The van der Waals surface area contributed by atoms with Crippen LogP contribution in [0.1, 0.15) is 148 Å². The summed E-state index contributed by atoms with van der Waals surface area (Å²) in [6, 6.07) is 0. The number of carbonyl (C=O) groups is 4. The average Bonchev–Trinajstić information content (AvgIpc) is 3.37. The van der Waals surface area contributed by atoms with Crippen LogP contribution in [0, 0.1) is 16.2 Å². The molecule has 350 valence electrons. The van der Waals surface area contributed by atoms with Gasteiger partial charge < -0.3 is 53.6 Å². The quantitative estimate of drug-likeness (QED) is 0.118. The van der Waals surface area contributed by atoms with Gasteiger partial charge >= 0.3 is 23.9 Å². The number of carbonyl (C=O) groups excluding carboxylic acids is 4. The maximum absolute atomic E-state index is 13.9. The second kappa shape index (κ2) is 15.8. The molecule has 0 aromatic rings. The summed E-state index contributed by atoms with van der Waals surface area (Å²) in [5.41, 5.74) is -11.0. The summed E-state index contributed by atoms with van der Waals surface area (Å²) in [5, 5.41) is 48.7. The van der Waals surface area contributed by atoms with Gasteiger partial charge in [0, 0.05) is 56.1 Å². The number of methoxy groups -OCH3 is 1. The van der Waals surface area contributed by atoms with Gasteiger partial charge in [0.25, 0.3) is 0 Å². The van der Waals surface area contributed by atoms with Crippen molar-refractivity contribution < 1.29 is 72.8 Å². The summed E-state index contributed by atoms with van der Waals surface area (Å²) in [7, 11) is 1.28. The van der Waals surface area contributed by atoms with E-state index in [4.69, 9.17) is 33.2 Å². The summed E-state index contributed by atoms with van der Waals surface area (Å²) in [6.45, 7) is 23.6. The van der Waals surface area contributed by atoms with Gasteiger partial charge in [0.2, 0.25) is 0 Å². The van der Waals surface area contributed by atoms with E-state index < -0.39 is 110 Å². The molecule has 62 heavy (non-hydrogen) atoms. The number of aliphatic hydroxyl groups excluding tert-OH is 2. The van der Waals surface area contributed by atoms with E-state index in [-0.39, 0.29) is 44.9 Å². The molecule has 5 aliphatic heterocycles. The fourth-order valence-electron chi connectivity index (χ4n) is 10.1. The van der Waals surface area contributed by atoms with E-state index in [0.29, 0.717) is 11.1 Å². The fraction of sp³-hybridized carbons (Fsp3) is 0.787. The van der Waals surface area contributed by atoms with Crippen molar-refractivity contribution in [2.75, 3.05) is 7.11 Å². The van der Waals surface area contributed by atoms with E-state index in [1.165, 1.54) is 33.1 Å². The molecule has 0 radical (unpaired) electrons. The van der Waals surface area contributed by atoms with Crippen molar-refractivity contribution in [3.05, 3.63) is 35.5 Å². The molecule has 3 saturated heterocycles. The van der Waals surface area contributed by atoms with Crippen LogP contribution < -0.4 is 0 Å². The van der Waals surface area contributed by atoms with Crippen LogP contribution in [0.5, 0.6) is 0 Å². The minimum atomic E-state index is -2.11. The van der Waals surface area contributed by atoms with Crippen LogP contribution in [0.3, 0.4) is 0 Å². The molecule has 5 rings (SSSR count). The van der Waals surface area contributed by atoms with E-state index in [9.17, 15) is 39.6 Å². The standard InChI is InChI=1S/C47H72O15/c1-28(48)43(12)27-44(13)45(14)30(19-34(51)59-45)23-46(54,62-44)38(5,6)16-17-40(9)21-29(18-33(50)56-15)22-42(11,60-40)26-47(55)39(7,8)32(57-36(53)37(2,3)4)25-41(10,61-47)24-31(49)20-35(52)58-43/h16-19,28,31-32,48-49,54-55H,20-27H2,1-15H3. The van der Waals surface area contributed by atoms with Crippen molar-refractivity contribution in [2.45, 2.75) is 212 Å². The minimum absolute atomic E-state index is 0.0357. The second-order valence-corrected chi connectivity index (χ2v) is 22.3. The lowest BCUT2D eigenvalue weighted by atomic mass is 9.65. The highest BCUT2D eigenvalue weighted by atomic mass is 16.7. The van der Waals surface area contributed by atoms with E-state index in [1.807, 2.05) is 6.92 Å². The van der Waals surface area contributed by atoms with Crippen LogP contribution in [0.25, 0.3) is 0 Å². The summed E-state index contributed by atoms with van der Waals surface area (Å²) < 4.78 is 43.7. The molecule has 0 saturated carbocycles. The first-order valence-corrected chi connectivity index (χ1v) is 21.7. The van der Waals surface area contributed by atoms with Crippen LogP contribution >= 0.6 is 0 Å². The zero-order valence-corrected chi connectivity index (χ0v) is 39.5. The molecular weight excluding hydrogens is 805 g/mol. The maximum atomic E-state index is 13.9. The van der Waals surface area contributed by atoms with Gasteiger partial charge in [-0.2, -0.15) is 0 Å². The number of aliphatic hydroxyl groups is 4. The van der Waals surface area contributed by atoms with Crippen LogP contribution in [-0.4, -0.2) is 115 Å². The number of hydrogen-bond donors (Lipinski definition) is 4. The normalized spacial score (nSPS) is 43.6. The Labute approximate surface area is 366 Å². The van der Waals surface area contributed by atoms with Crippen molar-refractivity contribution >= 4 is 23.9 Å². The van der Waals surface area contributed by atoms with Gasteiger partial charge in [-0.25, -0.2) is 9.59 Å². The van der Waals surface area contributed by atoms with Crippen molar-refractivity contribution in [1.29, 1.82) is 0 Å². The third kappa shape index (κ3) is 9.32. The predicted molar refractivity (Wildman–Crippen MR) is 225 cm³/mol. The van der Waals surface area contributed by atoms with Crippen LogP contribution in [0.2, 0.25) is 0 Å². The van der Waals surface area contributed by atoms with Gasteiger partial charge in [-0.3, -0.25) is 9.59 Å². The predicted octanol–water partition coefficient (Wildman–Crippen LogP) is 5.57. The Balaban J connectivity index is 1.71. The maximum Gasteiger partial charge on any atom is 0.331 e. The van der Waals surface area contributed by atoms with Crippen molar-refractivity contribution in [1.82, 2.24) is 0 Å². The molecule has 0 aliphatic carbocycles. The van der Waals surface area contributed by atoms with Gasteiger partial charge in [0.15, 0.2) is 17.2 Å². The van der Waals surface area contributed by atoms with Crippen molar-refractivity contribution in [2.24, 2.45) is 16.2 Å². The monoisotopic (exact) mass is 876 g/mol. The number of ether oxygens (including phenoxy) is 7. The van der Waals surface area contributed by atoms with E-state index in [0.717, 1.165) is 0 Å². The van der Waals surface area contributed by atoms with Crippen LogP contribution in [-0.2, 0) is 52.3 Å². The van der Waals surface area contributed by atoms with Gasteiger partial charge in [-0.15, -0.1) is 0 Å². The second-order valence-electron chi connectivity index (χ2n) is 22.3. The number of fused-ring (bicyclic) bond motifs is 8. The highest BCUT2D eigenvalue weighted by molar-refractivity contribution is 5.87. The molecule has 11 atom stereocenters. The number of rotatable bonds is 3. The third-order valence-electron chi connectivity index (χ3n) is 14.4. The summed E-state index contributed by atoms with van der Waals surface area (Å²) in [4.78, 5) is 53.2. The van der Waals surface area contributed by atoms with E-state index in [1.54, 1.807) is 88.3 Å². The molecule has 3 fully saturated rings. The Kier molecular flexibility index (Phi) is 12.7. The van der Waals surface area contributed by atoms with Gasteiger partial charge in [0.1, 0.15) is 17.3 Å². The van der Waals surface area contributed by atoms with Crippen molar-refractivity contribution in [3.8, 4) is 0 Å². The lowest BCUT2D eigenvalue weighted by Crippen LogP contribution is -2.68. The van der Waals surface area contributed by atoms with Crippen LogP contribution in [0.15, 0.2) is 35.5 Å². The molecule has 0 aromatic carbocycles. The molecule has 15 nitrogen and oxygen atoms in total. The fourth-order valence-corrected chi connectivity index (χ4v) is 10.1. The molecule has 0 amide bonds. The minimum Gasteiger partial charge on any atom is -0.466 e. The Morgan fingerprint density at radius 3 is 2.05 bits per heavy atom. The highest BCUT2D eigenvalue weighted by Gasteiger charge is 2.67. The number of cyclic esters (lactones) is 1. The molecule has 0 spiro atoms. The number of esters is 4. The SMILES string of the molecule is COC(=O)C=C1CC2(C)C=CC(C)(C)C3(O)CC4=CC(=O)OC4(C)C(C)(CC(C)(C(C)O)OC(=O)CC(O)CC4(C)CC(OC(=O)C(C)(C)C)C(C)(C)C(O)(CC(C)(C1)O2)O4)O3. The lowest BCUT2D eigenvalue weighted by molar-refractivity contribution is -0.380. The zero-order valence-electron chi connectivity index (χ0n) is 39.5. The molecule has 15 heteroatoms. The molecule has 0 aromatic heterocycles. The Morgan fingerprint density at radius 2 is 1.47 bits per heavy atom. The smallest absolute Gasteiger partial charge is 0.331 e. The largest absolute Gasteiger partial charge is 0.466 e. The Morgan fingerprint density at radius 1 is 0.839 bits per heavy atom. The molecule has 6 bridgehead atoms. The first-order valence-electron chi connectivity index (χ1n) is 21.7. The number of hydrogen-bond acceptors (Lipinski definition) is 15. The summed E-state index contributed by atoms with van der Waals surface area (Å²) in [6.07, 6.45) is 1.54. The first-order chi connectivity index (χ1) is 27.9. The average molecular weight is 877 g/mol. The summed E-state index contributed by atoms with van der Waals surface area (Å²) >= 11 is 0.